The Kier molecular flexibility index (Phi) is 7.07. The van der Waals surface area contributed by atoms with Crippen LogP contribution in [0.15, 0.2) is 30.3 Å². The highest BCUT2D eigenvalue weighted by Crippen LogP contribution is 2.34. The van der Waals surface area contributed by atoms with Gasteiger partial charge in [-0.25, -0.2) is 8.78 Å². The van der Waals surface area contributed by atoms with Gasteiger partial charge in [0.15, 0.2) is 11.6 Å². The van der Waals surface area contributed by atoms with Crippen molar-refractivity contribution >= 4 is 17.7 Å². The highest BCUT2D eigenvalue weighted by atomic mass is 19.2. The minimum Gasteiger partial charge on any atom is -0.451 e. The molecule has 0 radical (unpaired) electrons. The van der Waals surface area contributed by atoms with E-state index in [1.807, 2.05) is 4.90 Å². The predicted octanol–water partition coefficient (Wildman–Crippen LogP) is 4.34. The van der Waals surface area contributed by atoms with Gasteiger partial charge >= 0.3 is 0 Å². The van der Waals surface area contributed by atoms with E-state index in [-0.39, 0.29) is 11.7 Å². The van der Waals surface area contributed by atoms with Crippen molar-refractivity contribution in [2.45, 2.75) is 6.92 Å². The molecule has 0 spiro atoms. The van der Waals surface area contributed by atoms with Crippen LogP contribution >= 0.6 is 0 Å². The van der Waals surface area contributed by atoms with Crippen LogP contribution in [0, 0.1) is 23.3 Å². The van der Waals surface area contributed by atoms with Gasteiger partial charge in [-0.05, 0) is 12.1 Å². The number of hydrogen-bond acceptors (Lipinski definition) is 4. The number of hydrogen-bond donors (Lipinski definition) is 1. The quantitative estimate of drug-likeness (QED) is 0.554. The van der Waals surface area contributed by atoms with Crippen molar-refractivity contribution in [1.29, 1.82) is 0 Å². The van der Waals surface area contributed by atoms with Gasteiger partial charge in [-0.15, -0.1) is 0 Å². The number of carbonyl (C=O) groups excluding carboxylic acids is 1. The summed E-state index contributed by atoms with van der Waals surface area (Å²) < 4.78 is 68.0. The maximum absolute atomic E-state index is 14.4. The number of ether oxygens (including phenoxy) is 2. The summed E-state index contributed by atoms with van der Waals surface area (Å²) in [7, 11) is 0. The number of benzene rings is 2. The van der Waals surface area contributed by atoms with Gasteiger partial charge in [0.2, 0.25) is 23.3 Å². The molecule has 0 aliphatic carbocycles. The zero-order valence-electron chi connectivity index (χ0n) is 16.2. The number of anilines is 1. The second-order valence-corrected chi connectivity index (χ2v) is 6.63. The summed E-state index contributed by atoms with van der Waals surface area (Å²) in [5, 5.41) is 2.47. The molecule has 1 saturated heterocycles. The van der Waals surface area contributed by atoms with Crippen LogP contribution in [-0.4, -0.2) is 43.7 Å². The van der Waals surface area contributed by atoms with Crippen LogP contribution in [0.2, 0.25) is 0 Å². The molecule has 1 amide bonds. The topological polar surface area (TPSA) is 50.8 Å². The molecule has 1 heterocycles. The zero-order chi connectivity index (χ0) is 21.7. The van der Waals surface area contributed by atoms with Crippen molar-refractivity contribution < 1.29 is 31.8 Å². The first-order valence-electron chi connectivity index (χ1n) is 9.25. The van der Waals surface area contributed by atoms with E-state index in [0.717, 1.165) is 6.08 Å². The van der Waals surface area contributed by atoms with Crippen LogP contribution in [0.3, 0.4) is 0 Å². The monoisotopic (exact) mass is 424 g/mol. The minimum absolute atomic E-state index is 0.103. The number of halogens is 4. The lowest BCUT2D eigenvalue weighted by atomic mass is 10.1. The van der Waals surface area contributed by atoms with Gasteiger partial charge in [0.05, 0.1) is 18.8 Å². The second-order valence-electron chi connectivity index (χ2n) is 6.63. The third-order valence-electron chi connectivity index (χ3n) is 4.38. The predicted molar refractivity (Wildman–Crippen MR) is 103 cm³/mol. The van der Waals surface area contributed by atoms with Gasteiger partial charge in [-0.3, -0.25) is 9.69 Å². The Morgan fingerprint density at radius 3 is 2.43 bits per heavy atom. The molecule has 0 aromatic heterocycles. The molecule has 2 aromatic carbocycles. The number of amides is 1. The summed E-state index contributed by atoms with van der Waals surface area (Å²) in [6, 6.07) is 5.57. The average Bonchev–Trinajstić information content (AvgIpc) is 2.73. The van der Waals surface area contributed by atoms with Gasteiger partial charge in [0.1, 0.15) is 5.75 Å². The third-order valence-corrected chi connectivity index (χ3v) is 4.38. The first-order valence-corrected chi connectivity index (χ1v) is 9.25. The molecule has 2 aromatic rings. The van der Waals surface area contributed by atoms with Crippen molar-refractivity contribution in [3.63, 3.8) is 0 Å². The number of rotatable bonds is 6. The van der Waals surface area contributed by atoms with E-state index < -0.39 is 34.6 Å². The first-order chi connectivity index (χ1) is 14.4. The standard InChI is InChI=1S/C21H20F4N2O3/c1-13(28)26-14-4-2-5-15(12-14)30-21-19(24)17(22)16(18(23)20(21)25)6-3-7-27-8-10-29-11-9-27/h2-6,12H,7-11H2,1H3,(H,26,28). The Balaban J connectivity index is 1.82. The molecule has 1 N–H and O–H groups in total. The molecule has 30 heavy (non-hydrogen) atoms. The molecule has 160 valence electrons. The Morgan fingerprint density at radius 1 is 1.13 bits per heavy atom. The SMILES string of the molecule is CC(=O)Nc1cccc(Oc2c(F)c(F)c(C=CCN3CCOCC3)c(F)c2F)c1. The maximum atomic E-state index is 14.4. The molecule has 0 saturated carbocycles. The third kappa shape index (κ3) is 5.17. The summed E-state index contributed by atoms with van der Waals surface area (Å²) in [5.41, 5.74) is -0.526. The van der Waals surface area contributed by atoms with Crippen molar-refractivity contribution in [3.8, 4) is 11.5 Å². The summed E-state index contributed by atoms with van der Waals surface area (Å²) in [6.07, 6.45) is 2.44. The zero-order valence-corrected chi connectivity index (χ0v) is 16.2. The van der Waals surface area contributed by atoms with E-state index in [1.165, 1.54) is 37.3 Å². The summed E-state index contributed by atoms with van der Waals surface area (Å²) in [4.78, 5) is 13.1. The lowest BCUT2D eigenvalue weighted by molar-refractivity contribution is -0.114. The van der Waals surface area contributed by atoms with E-state index in [9.17, 15) is 22.4 Å². The van der Waals surface area contributed by atoms with E-state index in [0.29, 0.717) is 38.5 Å². The molecule has 3 rings (SSSR count). The Labute approximate surface area is 170 Å². The van der Waals surface area contributed by atoms with Crippen LogP contribution in [0.1, 0.15) is 12.5 Å². The van der Waals surface area contributed by atoms with Crippen molar-refractivity contribution in [2.24, 2.45) is 0 Å². The fraction of sp³-hybridized carbons (Fsp3) is 0.286. The van der Waals surface area contributed by atoms with Gasteiger partial charge in [0, 0.05) is 38.3 Å². The fourth-order valence-corrected chi connectivity index (χ4v) is 2.93. The molecule has 5 nitrogen and oxygen atoms in total. The van der Waals surface area contributed by atoms with Crippen LogP contribution in [0.5, 0.6) is 11.5 Å². The molecule has 1 aliphatic heterocycles. The summed E-state index contributed by atoms with van der Waals surface area (Å²) >= 11 is 0. The minimum atomic E-state index is -1.65. The Bertz CT molecular complexity index is 931. The number of morpholine rings is 1. The fourth-order valence-electron chi connectivity index (χ4n) is 2.93. The van der Waals surface area contributed by atoms with Crippen molar-refractivity contribution in [2.75, 3.05) is 38.2 Å². The van der Waals surface area contributed by atoms with Crippen molar-refractivity contribution in [3.05, 3.63) is 59.2 Å². The maximum Gasteiger partial charge on any atom is 0.221 e. The normalized spacial score (nSPS) is 14.8. The van der Waals surface area contributed by atoms with Gasteiger partial charge in [-0.2, -0.15) is 8.78 Å². The smallest absolute Gasteiger partial charge is 0.221 e. The summed E-state index contributed by atoms with van der Waals surface area (Å²) in [6.45, 7) is 4.05. The molecule has 1 aliphatic rings. The van der Waals surface area contributed by atoms with Crippen LogP contribution in [-0.2, 0) is 9.53 Å². The highest BCUT2D eigenvalue weighted by molar-refractivity contribution is 5.88. The van der Waals surface area contributed by atoms with Crippen LogP contribution in [0.4, 0.5) is 23.2 Å². The Hall–Kier alpha value is -2.91. The van der Waals surface area contributed by atoms with Gasteiger partial charge in [-0.1, -0.05) is 18.2 Å². The first kappa shape index (κ1) is 21.8. The molecule has 0 unspecified atom stereocenters. The molecule has 0 atom stereocenters. The largest absolute Gasteiger partial charge is 0.451 e. The summed E-state index contributed by atoms with van der Waals surface area (Å²) in [5.74, 6) is -8.08. The van der Waals surface area contributed by atoms with Crippen molar-refractivity contribution in [1.82, 2.24) is 4.90 Å². The lowest BCUT2D eigenvalue weighted by Crippen LogP contribution is -2.36. The van der Waals surface area contributed by atoms with Gasteiger partial charge in [0.25, 0.3) is 0 Å². The molecular formula is C21H20F4N2O3. The highest BCUT2D eigenvalue weighted by Gasteiger charge is 2.26. The van der Waals surface area contributed by atoms with Crippen LogP contribution < -0.4 is 10.1 Å². The lowest BCUT2D eigenvalue weighted by Gasteiger charge is -2.25. The average molecular weight is 424 g/mol. The molecule has 0 bridgehead atoms. The van der Waals surface area contributed by atoms with E-state index >= 15 is 0 Å². The van der Waals surface area contributed by atoms with Crippen LogP contribution in [0.25, 0.3) is 6.08 Å². The molecule has 1 fully saturated rings. The Morgan fingerprint density at radius 2 is 1.80 bits per heavy atom. The van der Waals surface area contributed by atoms with E-state index in [1.54, 1.807) is 0 Å². The number of nitrogens with one attached hydrogen (secondary N) is 1. The van der Waals surface area contributed by atoms with Gasteiger partial charge < -0.3 is 14.8 Å². The van der Waals surface area contributed by atoms with E-state index in [4.69, 9.17) is 9.47 Å². The number of nitrogens with zero attached hydrogens (tertiary/aromatic N) is 1. The molecule has 9 heteroatoms. The molecular weight excluding hydrogens is 404 g/mol. The van der Waals surface area contributed by atoms with E-state index in [2.05, 4.69) is 5.32 Å². The second kappa shape index (κ2) is 9.73. The number of carbonyl (C=O) groups is 1.